The largest absolute Gasteiger partial charge is 0.488 e. The number of carbonyl (C=O) groups is 2. The van der Waals surface area contributed by atoms with E-state index in [1.807, 2.05) is 55.9 Å². The van der Waals surface area contributed by atoms with Gasteiger partial charge in [-0.05, 0) is 138 Å². The van der Waals surface area contributed by atoms with E-state index in [0.717, 1.165) is 35.2 Å². The van der Waals surface area contributed by atoms with Crippen molar-refractivity contribution in [3.63, 3.8) is 0 Å². The number of carbonyl (C=O) groups excluding carboxylic acids is 2. The zero-order valence-corrected chi connectivity index (χ0v) is 42.4. The number of aliphatic imine (C=N–C) groups is 1. The molecule has 0 saturated carbocycles. The molecular formula is C54H48BCl2NO8S3. The van der Waals surface area contributed by atoms with Crippen molar-refractivity contribution in [2.45, 2.75) is 64.0 Å². The SMILES string of the molecule is CC(=NCS(=O)(=O)c1ccc(C)cc1)c1ccc2c(c1)Cc1ccccc1S2.COC(=O)c1ccc(B(O)O)cc1Cl.COC(=O)c1ccc(C(C)c2ccc3c(c2)Cc2ccccc2S3)cc1Cl. The summed E-state index contributed by atoms with van der Waals surface area (Å²) in [7, 11) is -2.42. The van der Waals surface area contributed by atoms with Crippen molar-refractivity contribution >= 4 is 86.8 Å². The predicted octanol–water partition coefficient (Wildman–Crippen LogP) is 11.4. The average molecular weight is 1020 g/mol. The summed E-state index contributed by atoms with van der Waals surface area (Å²) in [5.74, 6) is -1.03. The average Bonchev–Trinajstić information content (AvgIpc) is 3.36. The first-order valence-electron chi connectivity index (χ1n) is 21.7. The molecule has 1 atom stereocenters. The number of hydrogen-bond acceptors (Lipinski definition) is 11. The molecule has 69 heavy (non-hydrogen) atoms. The molecule has 0 aromatic heterocycles. The van der Waals surface area contributed by atoms with Crippen molar-refractivity contribution in [3.05, 3.63) is 211 Å². The molecular weight excluding hydrogens is 969 g/mol. The molecule has 2 N–H and O–H groups in total. The lowest BCUT2D eigenvalue weighted by molar-refractivity contribution is 0.0592. The molecule has 0 aliphatic carbocycles. The van der Waals surface area contributed by atoms with Crippen molar-refractivity contribution in [2.75, 3.05) is 20.1 Å². The summed E-state index contributed by atoms with van der Waals surface area (Å²) >= 11 is 15.6. The van der Waals surface area contributed by atoms with Gasteiger partial charge >= 0.3 is 19.1 Å². The van der Waals surface area contributed by atoms with Gasteiger partial charge in [0.2, 0.25) is 0 Å². The van der Waals surface area contributed by atoms with Gasteiger partial charge in [0.1, 0.15) is 5.88 Å². The van der Waals surface area contributed by atoms with Gasteiger partial charge in [0.25, 0.3) is 0 Å². The Bertz CT molecular complexity index is 3180. The molecule has 352 valence electrons. The van der Waals surface area contributed by atoms with Gasteiger partial charge in [0.05, 0.1) is 40.3 Å². The lowest BCUT2D eigenvalue weighted by atomic mass is 9.80. The van der Waals surface area contributed by atoms with Crippen LogP contribution in [0, 0.1) is 6.92 Å². The number of sulfone groups is 1. The molecule has 9 nitrogen and oxygen atoms in total. The second-order valence-electron chi connectivity index (χ2n) is 16.3. The minimum absolute atomic E-state index is 0.127. The number of hydrogen-bond donors (Lipinski definition) is 2. The number of methoxy groups -OCH3 is 2. The van der Waals surface area contributed by atoms with Gasteiger partial charge in [-0.15, -0.1) is 0 Å². The van der Waals surface area contributed by atoms with Crippen LogP contribution in [0.4, 0.5) is 0 Å². The fourth-order valence-electron chi connectivity index (χ4n) is 7.62. The van der Waals surface area contributed by atoms with Gasteiger partial charge in [-0.2, -0.15) is 0 Å². The summed E-state index contributed by atoms with van der Waals surface area (Å²) in [6, 6.07) is 46.5. The van der Waals surface area contributed by atoms with Crippen LogP contribution in [0.5, 0.6) is 0 Å². The maximum atomic E-state index is 12.5. The Morgan fingerprint density at radius 3 is 1.70 bits per heavy atom. The Hall–Kier alpha value is -5.64. The molecule has 0 bridgehead atoms. The van der Waals surface area contributed by atoms with E-state index in [9.17, 15) is 18.0 Å². The minimum atomic E-state index is -3.43. The van der Waals surface area contributed by atoms with Crippen LogP contribution in [0.1, 0.15) is 85.0 Å². The number of halogens is 2. The number of fused-ring (bicyclic) bond motifs is 4. The zero-order valence-electron chi connectivity index (χ0n) is 38.4. The van der Waals surface area contributed by atoms with Crippen molar-refractivity contribution in [1.29, 1.82) is 0 Å². The third-order valence-corrected chi connectivity index (χ3v) is 16.2. The molecule has 2 heterocycles. The van der Waals surface area contributed by atoms with Crippen LogP contribution in [-0.4, -0.2) is 63.3 Å². The molecule has 9 rings (SSSR count). The number of aryl methyl sites for hydroxylation is 1. The van der Waals surface area contributed by atoms with Crippen LogP contribution < -0.4 is 5.46 Å². The highest BCUT2D eigenvalue weighted by Gasteiger charge is 2.21. The molecule has 0 fully saturated rings. The predicted molar refractivity (Wildman–Crippen MR) is 278 cm³/mol. The van der Waals surface area contributed by atoms with E-state index < -0.39 is 28.9 Å². The monoisotopic (exact) mass is 1020 g/mol. The summed E-state index contributed by atoms with van der Waals surface area (Å²) in [6.45, 7) is 5.97. The van der Waals surface area contributed by atoms with E-state index in [4.69, 9.17) is 38.0 Å². The minimum Gasteiger partial charge on any atom is -0.465 e. The Balaban J connectivity index is 0.000000162. The molecule has 7 aromatic rings. The highest BCUT2D eigenvalue weighted by atomic mass is 35.5. The first kappa shape index (κ1) is 51.2. The standard InChI is InChI=1S/C23H19ClO2S.C23H21NO2S2.C8H8BClO4/c1-14(16-7-9-19(20(24)13-16)23(25)26-2)15-8-10-22-18(11-15)12-17-5-3-4-6-21(17)27-22;1-16-7-10-21(11-8-16)28(25,26)15-24-17(2)18-9-12-23-20(13-18)14-19-5-3-4-6-22(19)27-23;1-14-8(11)6-3-2-5(9(12)13)4-7(6)10/h3-11,13-14H,12H2,1-2H3;3-13H,14-15H2,1-2H3;2-4,12-13H,1H3. The Kier molecular flexibility index (Phi) is 17.0. The topological polar surface area (TPSA) is 140 Å². The van der Waals surface area contributed by atoms with Gasteiger partial charge < -0.3 is 19.5 Å². The van der Waals surface area contributed by atoms with Crippen LogP contribution in [0.15, 0.2) is 175 Å². The van der Waals surface area contributed by atoms with Gasteiger partial charge in [0, 0.05) is 31.2 Å². The number of nitrogens with zero attached hydrogens (tertiary/aromatic N) is 1. The maximum Gasteiger partial charge on any atom is 0.488 e. The number of esters is 2. The quantitative estimate of drug-likeness (QED) is 0.0816. The molecule has 7 aromatic carbocycles. The van der Waals surface area contributed by atoms with E-state index in [2.05, 4.69) is 95.5 Å². The maximum absolute atomic E-state index is 12.5. The molecule has 15 heteroatoms. The van der Waals surface area contributed by atoms with E-state index in [1.165, 1.54) is 79.8 Å². The van der Waals surface area contributed by atoms with Crippen molar-refractivity contribution < 1.29 is 37.5 Å². The summed E-state index contributed by atoms with van der Waals surface area (Å²) in [4.78, 5) is 32.7. The third kappa shape index (κ3) is 12.6. The van der Waals surface area contributed by atoms with E-state index in [0.29, 0.717) is 15.5 Å². The molecule has 1 unspecified atom stereocenters. The number of rotatable bonds is 9. The lowest BCUT2D eigenvalue weighted by Crippen LogP contribution is -2.29. The van der Waals surface area contributed by atoms with E-state index in [1.54, 1.807) is 30.0 Å². The van der Waals surface area contributed by atoms with E-state index in [-0.39, 0.29) is 27.8 Å². The fourth-order valence-corrected chi connectivity index (χ4v) is 11.3. The molecule has 0 amide bonds. The van der Waals surface area contributed by atoms with Gasteiger partial charge in [-0.3, -0.25) is 4.99 Å². The normalized spacial score (nSPS) is 12.8. The molecule has 2 aliphatic heterocycles. The highest BCUT2D eigenvalue weighted by Crippen LogP contribution is 2.42. The second-order valence-corrected chi connectivity index (χ2v) is 21.3. The van der Waals surface area contributed by atoms with Crippen molar-refractivity contribution in [1.82, 2.24) is 0 Å². The fraction of sp³-hybridized carbons (Fsp3) is 0.167. The Labute approximate surface area is 422 Å². The summed E-state index contributed by atoms with van der Waals surface area (Å²) < 4.78 is 34.3. The Morgan fingerprint density at radius 1 is 0.652 bits per heavy atom. The third-order valence-electron chi connectivity index (χ3n) is 11.7. The second kappa shape index (κ2) is 22.9. The smallest absolute Gasteiger partial charge is 0.465 e. The van der Waals surface area contributed by atoms with Crippen LogP contribution in [-0.2, 0) is 32.2 Å². The molecule has 2 aliphatic rings. The number of ether oxygens (including phenoxy) is 2. The Morgan fingerprint density at radius 2 is 1.14 bits per heavy atom. The first-order chi connectivity index (χ1) is 33.0. The lowest BCUT2D eigenvalue weighted by Gasteiger charge is -2.21. The highest BCUT2D eigenvalue weighted by molar-refractivity contribution is 7.99. The molecule has 0 radical (unpaired) electrons. The van der Waals surface area contributed by atoms with Crippen LogP contribution in [0.2, 0.25) is 10.0 Å². The van der Waals surface area contributed by atoms with Crippen LogP contribution in [0.3, 0.4) is 0 Å². The van der Waals surface area contributed by atoms with Gasteiger partial charge in [-0.25, -0.2) is 18.0 Å². The number of benzene rings is 7. The van der Waals surface area contributed by atoms with Crippen LogP contribution >= 0.6 is 46.7 Å². The van der Waals surface area contributed by atoms with Crippen molar-refractivity contribution in [2.24, 2.45) is 4.99 Å². The first-order valence-corrected chi connectivity index (χ1v) is 25.8. The summed E-state index contributed by atoms with van der Waals surface area (Å²) in [5.41, 5.74) is 11.2. The molecule has 0 spiro atoms. The van der Waals surface area contributed by atoms with Gasteiger partial charge in [-0.1, -0.05) is 138 Å². The summed E-state index contributed by atoms with van der Waals surface area (Å²) in [5, 5.41) is 18.2. The molecule has 0 saturated heterocycles. The summed E-state index contributed by atoms with van der Waals surface area (Å²) in [6.07, 6.45) is 1.85. The van der Waals surface area contributed by atoms with Gasteiger partial charge in [0.15, 0.2) is 9.84 Å². The van der Waals surface area contributed by atoms with E-state index >= 15 is 0 Å². The van der Waals surface area contributed by atoms with Crippen molar-refractivity contribution in [3.8, 4) is 0 Å². The van der Waals surface area contributed by atoms with Crippen LogP contribution in [0.25, 0.3) is 0 Å². The zero-order chi connectivity index (χ0) is 49.4.